The van der Waals surface area contributed by atoms with Crippen molar-refractivity contribution in [1.82, 2.24) is 10.2 Å². The van der Waals surface area contributed by atoms with Crippen LogP contribution >= 0.6 is 0 Å². The van der Waals surface area contributed by atoms with Gasteiger partial charge >= 0.3 is 6.09 Å². The highest BCUT2D eigenvalue weighted by Gasteiger charge is 2.59. The Balaban J connectivity index is 1.34. The smallest absolute Gasteiger partial charge is 0.407 e. The first kappa shape index (κ1) is 20.9. The predicted molar refractivity (Wildman–Crippen MR) is 117 cm³/mol. The van der Waals surface area contributed by atoms with Crippen LogP contribution in [0.4, 0.5) is 4.79 Å². The van der Waals surface area contributed by atoms with Gasteiger partial charge < -0.3 is 15.2 Å². The molecule has 1 saturated carbocycles. The van der Waals surface area contributed by atoms with E-state index in [1.54, 1.807) is 0 Å². The normalized spacial score (nSPS) is 28.5. The standard InChI is InChI=1S/C25H32N2O3/c1-18(2)23-25(17-27(23)15-19-9-5-3-6-10-19)13-21(22(28)14-25)26-24(29)30-16-20-11-7-4-8-12-20/h3-12,18,21-23,28H,13-17H2,1-2H3,(H,26,29)/t21-,22-,23?,25?/m1/s1. The van der Waals surface area contributed by atoms with E-state index in [-0.39, 0.29) is 18.1 Å². The zero-order chi connectivity index (χ0) is 21.1. The van der Waals surface area contributed by atoms with Gasteiger partial charge in [0.2, 0.25) is 0 Å². The molecule has 1 amide bonds. The molecule has 2 N–H and O–H groups in total. The lowest BCUT2D eigenvalue weighted by Gasteiger charge is -2.58. The lowest BCUT2D eigenvalue weighted by atomic mass is 9.65. The van der Waals surface area contributed by atoms with Crippen molar-refractivity contribution < 1.29 is 14.6 Å². The molecular weight excluding hydrogens is 376 g/mol. The van der Waals surface area contributed by atoms with E-state index in [0.29, 0.717) is 12.0 Å². The minimum Gasteiger partial charge on any atom is -0.445 e. The molecule has 4 rings (SSSR count). The molecule has 0 radical (unpaired) electrons. The number of aliphatic hydroxyl groups is 1. The Bertz CT molecular complexity index is 842. The molecule has 1 heterocycles. The van der Waals surface area contributed by atoms with Gasteiger partial charge in [0, 0.05) is 24.5 Å². The van der Waals surface area contributed by atoms with Gasteiger partial charge in [-0.1, -0.05) is 74.5 Å². The van der Waals surface area contributed by atoms with Gasteiger partial charge in [-0.2, -0.15) is 0 Å². The van der Waals surface area contributed by atoms with Crippen LogP contribution < -0.4 is 5.32 Å². The van der Waals surface area contributed by atoms with E-state index in [2.05, 4.69) is 48.3 Å². The van der Waals surface area contributed by atoms with Gasteiger partial charge in [-0.25, -0.2) is 4.79 Å². The van der Waals surface area contributed by atoms with Crippen LogP contribution in [-0.4, -0.2) is 40.8 Å². The molecule has 30 heavy (non-hydrogen) atoms. The summed E-state index contributed by atoms with van der Waals surface area (Å²) in [4.78, 5) is 14.8. The Kier molecular flexibility index (Phi) is 6.11. The van der Waals surface area contributed by atoms with E-state index in [9.17, 15) is 9.90 Å². The molecule has 1 saturated heterocycles. The number of carbonyl (C=O) groups excluding carboxylic acids is 1. The quantitative estimate of drug-likeness (QED) is 0.759. The molecule has 1 aliphatic carbocycles. The lowest BCUT2D eigenvalue weighted by molar-refractivity contribution is -0.105. The Labute approximate surface area is 179 Å². The molecule has 1 aliphatic heterocycles. The maximum absolute atomic E-state index is 12.3. The van der Waals surface area contributed by atoms with E-state index < -0.39 is 12.2 Å². The summed E-state index contributed by atoms with van der Waals surface area (Å²) in [5.74, 6) is 0.485. The van der Waals surface area contributed by atoms with Crippen molar-refractivity contribution in [3.05, 3.63) is 71.8 Å². The number of likely N-dealkylation sites (tertiary alicyclic amines) is 1. The van der Waals surface area contributed by atoms with Crippen LogP contribution in [0.25, 0.3) is 0 Å². The van der Waals surface area contributed by atoms with Crippen LogP contribution in [-0.2, 0) is 17.9 Å². The van der Waals surface area contributed by atoms with Gasteiger partial charge in [-0.3, -0.25) is 4.90 Å². The highest BCUT2D eigenvalue weighted by atomic mass is 16.5. The number of amides is 1. The largest absolute Gasteiger partial charge is 0.445 e. The van der Waals surface area contributed by atoms with Gasteiger partial charge in [0.05, 0.1) is 12.1 Å². The zero-order valence-electron chi connectivity index (χ0n) is 17.8. The second-order valence-electron chi connectivity index (χ2n) is 9.23. The predicted octanol–water partition coefficient (Wildman–Crippen LogP) is 3.96. The average molecular weight is 409 g/mol. The Hall–Kier alpha value is -2.37. The van der Waals surface area contributed by atoms with Crippen LogP contribution in [0.5, 0.6) is 0 Å². The molecule has 2 fully saturated rings. The van der Waals surface area contributed by atoms with Crippen LogP contribution in [0.3, 0.4) is 0 Å². The fraction of sp³-hybridized carbons (Fsp3) is 0.480. The molecule has 2 aliphatic rings. The second kappa shape index (κ2) is 8.78. The summed E-state index contributed by atoms with van der Waals surface area (Å²) in [6.45, 7) is 6.63. The van der Waals surface area contributed by atoms with Gasteiger partial charge in [-0.15, -0.1) is 0 Å². The number of aliphatic hydroxyl groups excluding tert-OH is 1. The number of hydrogen-bond acceptors (Lipinski definition) is 4. The van der Waals surface area contributed by atoms with Gasteiger partial charge in [0.1, 0.15) is 6.61 Å². The number of nitrogens with one attached hydrogen (secondary N) is 1. The summed E-state index contributed by atoms with van der Waals surface area (Å²) >= 11 is 0. The number of carbonyl (C=O) groups is 1. The minimum absolute atomic E-state index is 0.0553. The second-order valence-corrected chi connectivity index (χ2v) is 9.23. The summed E-state index contributed by atoms with van der Waals surface area (Å²) < 4.78 is 5.36. The van der Waals surface area contributed by atoms with Gasteiger partial charge in [0.15, 0.2) is 0 Å². The molecule has 1 spiro atoms. The van der Waals surface area contributed by atoms with E-state index in [1.807, 2.05) is 36.4 Å². The number of rotatable bonds is 6. The molecule has 0 aromatic heterocycles. The monoisotopic (exact) mass is 408 g/mol. The number of hydrogen-bond donors (Lipinski definition) is 2. The van der Waals surface area contributed by atoms with E-state index >= 15 is 0 Å². The molecule has 2 aromatic carbocycles. The van der Waals surface area contributed by atoms with Gasteiger partial charge in [-0.05, 0) is 29.9 Å². The highest BCUT2D eigenvalue weighted by Crippen LogP contribution is 2.53. The molecule has 2 aromatic rings. The Morgan fingerprint density at radius 3 is 2.37 bits per heavy atom. The minimum atomic E-state index is -0.533. The SMILES string of the molecule is CC(C)C1N(Cc2ccccc2)CC12C[C@@H](O)[C@H](NC(=O)OCc1ccccc1)C2. The molecule has 5 heteroatoms. The average Bonchev–Trinajstić information content (AvgIpc) is 3.04. The number of benzene rings is 2. The van der Waals surface area contributed by atoms with Crippen molar-refractivity contribution in [3.63, 3.8) is 0 Å². The van der Waals surface area contributed by atoms with Gasteiger partial charge in [0.25, 0.3) is 0 Å². The summed E-state index contributed by atoms with van der Waals surface area (Å²) in [6, 6.07) is 20.3. The maximum Gasteiger partial charge on any atom is 0.407 e. The van der Waals surface area contributed by atoms with Crippen LogP contribution in [0.1, 0.15) is 37.8 Å². The number of nitrogens with zero attached hydrogens (tertiary/aromatic N) is 1. The third-order valence-electron chi connectivity index (χ3n) is 6.62. The van der Waals surface area contributed by atoms with E-state index in [4.69, 9.17) is 4.74 Å². The van der Waals surface area contributed by atoms with Crippen LogP contribution in [0.2, 0.25) is 0 Å². The van der Waals surface area contributed by atoms with E-state index in [0.717, 1.165) is 31.5 Å². The molecule has 2 unspecified atom stereocenters. The Morgan fingerprint density at radius 1 is 1.10 bits per heavy atom. The van der Waals surface area contributed by atoms with E-state index in [1.165, 1.54) is 5.56 Å². The van der Waals surface area contributed by atoms with Crippen molar-refractivity contribution >= 4 is 6.09 Å². The maximum atomic E-state index is 12.3. The Morgan fingerprint density at radius 2 is 1.73 bits per heavy atom. The van der Waals surface area contributed by atoms with Crippen molar-refractivity contribution in [3.8, 4) is 0 Å². The summed E-state index contributed by atoms with van der Waals surface area (Å²) in [7, 11) is 0. The number of ether oxygens (including phenoxy) is 1. The van der Waals surface area contributed by atoms with Crippen molar-refractivity contribution in [2.75, 3.05) is 6.54 Å². The molecular formula is C25H32N2O3. The van der Waals surface area contributed by atoms with Crippen molar-refractivity contribution in [2.24, 2.45) is 11.3 Å². The van der Waals surface area contributed by atoms with Crippen molar-refractivity contribution in [2.45, 2.75) is 58.0 Å². The summed E-state index contributed by atoms with van der Waals surface area (Å²) in [6.07, 6.45) is 0.531. The summed E-state index contributed by atoms with van der Waals surface area (Å²) in [5.41, 5.74) is 2.32. The first-order valence-electron chi connectivity index (χ1n) is 10.9. The van der Waals surface area contributed by atoms with Crippen molar-refractivity contribution in [1.29, 1.82) is 0 Å². The lowest BCUT2D eigenvalue weighted by Crippen LogP contribution is -2.65. The van der Waals surface area contributed by atoms with Crippen LogP contribution in [0, 0.1) is 11.3 Å². The fourth-order valence-electron chi connectivity index (χ4n) is 5.62. The highest BCUT2D eigenvalue weighted by molar-refractivity contribution is 5.67. The first-order valence-corrected chi connectivity index (χ1v) is 10.9. The zero-order valence-corrected chi connectivity index (χ0v) is 17.8. The van der Waals surface area contributed by atoms with Crippen LogP contribution in [0.15, 0.2) is 60.7 Å². The molecule has 160 valence electrons. The number of alkyl carbamates (subject to hydrolysis) is 1. The fourth-order valence-corrected chi connectivity index (χ4v) is 5.62. The molecule has 0 bridgehead atoms. The summed E-state index contributed by atoms with van der Waals surface area (Å²) in [5, 5.41) is 13.6. The topological polar surface area (TPSA) is 61.8 Å². The first-order chi connectivity index (χ1) is 14.5. The molecule has 4 atom stereocenters. The third-order valence-corrected chi connectivity index (χ3v) is 6.62. The molecule has 5 nitrogen and oxygen atoms in total. The third kappa shape index (κ3) is 4.37.